The van der Waals surface area contributed by atoms with E-state index in [2.05, 4.69) is 12.2 Å². The fourth-order valence-corrected chi connectivity index (χ4v) is 2.43. The third kappa shape index (κ3) is 2.67. The molecule has 0 heterocycles. The monoisotopic (exact) mass is 248 g/mol. The number of rotatable bonds is 4. The smallest absolute Gasteiger partial charge is 0.124 e. The van der Waals surface area contributed by atoms with Gasteiger partial charge in [0, 0.05) is 5.56 Å². The average Bonchev–Trinajstić information content (AvgIpc) is 2.46. The van der Waals surface area contributed by atoms with E-state index in [1.807, 2.05) is 18.2 Å². The predicted octanol–water partition coefficient (Wildman–Crippen LogP) is 3.09. The van der Waals surface area contributed by atoms with Crippen molar-refractivity contribution in [1.29, 1.82) is 0 Å². The fraction of sp³-hybridized carbons (Fsp3) is 0.467. The highest BCUT2D eigenvalue weighted by atomic mass is 16.5. The van der Waals surface area contributed by atoms with Crippen LogP contribution in [0.3, 0.4) is 0 Å². The third-order valence-electron chi connectivity index (χ3n) is 3.51. The summed E-state index contributed by atoms with van der Waals surface area (Å²) in [6.45, 7) is 0. The maximum absolute atomic E-state index is 10.5. The Labute approximate surface area is 108 Å². The van der Waals surface area contributed by atoms with Gasteiger partial charge in [-0.05, 0) is 43.4 Å². The number of ether oxygens (including phenoxy) is 2. The van der Waals surface area contributed by atoms with Gasteiger partial charge in [-0.15, -0.1) is 0 Å². The van der Waals surface area contributed by atoms with Crippen molar-refractivity contribution in [3.8, 4) is 11.5 Å². The van der Waals surface area contributed by atoms with Gasteiger partial charge >= 0.3 is 0 Å². The van der Waals surface area contributed by atoms with E-state index in [-0.39, 0.29) is 5.92 Å². The van der Waals surface area contributed by atoms with Crippen molar-refractivity contribution in [2.24, 2.45) is 5.92 Å². The molecule has 98 valence electrons. The number of aliphatic hydroxyl groups excluding tert-OH is 1. The van der Waals surface area contributed by atoms with Crippen molar-refractivity contribution in [2.45, 2.75) is 25.4 Å². The highest BCUT2D eigenvalue weighted by Crippen LogP contribution is 2.37. The molecule has 0 amide bonds. The lowest BCUT2D eigenvalue weighted by molar-refractivity contribution is 0.0994. The zero-order chi connectivity index (χ0) is 13.0. The van der Waals surface area contributed by atoms with Gasteiger partial charge in [0.15, 0.2) is 0 Å². The molecule has 3 nitrogen and oxygen atoms in total. The molecule has 1 aliphatic rings. The minimum Gasteiger partial charge on any atom is -0.497 e. The van der Waals surface area contributed by atoms with Crippen LogP contribution in [0.2, 0.25) is 0 Å². The van der Waals surface area contributed by atoms with Gasteiger partial charge in [-0.1, -0.05) is 12.2 Å². The van der Waals surface area contributed by atoms with E-state index in [9.17, 15) is 5.11 Å². The summed E-state index contributed by atoms with van der Waals surface area (Å²) in [5.74, 6) is 1.73. The summed E-state index contributed by atoms with van der Waals surface area (Å²) in [5, 5.41) is 10.5. The minimum absolute atomic E-state index is 0.260. The van der Waals surface area contributed by atoms with Gasteiger partial charge in [0.1, 0.15) is 11.5 Å². The number of aliphatic hydroxyl groups is 1. The number of hydrogen-bond acceptors (Lipinski definition) is 3. The molecular formula is C15H20O3. The predicted molar refractivity (Wildman–Crippen MR) is 71.0 cm³/mol. The van der Waals surface area contributed by atoms with Crippen LogP contribution in [0.15, 0.2) is 30.4 Å². The summed E-state index contributed by atoms with van der Waals surface area (Å²) in [6, 6.07) is 5.55. The van der Waals surface area contributed by atoms with E-state index in [1.165, 1.54) is 0 Å². The Balaban J connectivity index is 2.26. The van der Waals surface area contributed by atoms with Crippen molar-refractivity contribution >= 4 is 0 Å². The van der Waals surface area contributed by atoms with Gasteiger partial charge < -0.3 is 14.6 Å². The molecule has 1 aromatic carbocycles. The van der Waals surface area contributed by atoms with Crippen molar-refractivity contribution < 1.29 is 14.6 Å². The normalized spacial score (nSPS) is 20.5. The molecule has 2 unspecified atom stereocenters. The molecule has 0 aliphatic heterocycles. The second kappa shape index (κ2) is 5.91. The Kier molecular flexibility index (Phi) is 4.26. The van der Waals surface area contributed by atoms with Crippen LogP contribution in [0.25, 0.3) is 0 Å². The Bertz CT molecular complexity index is 426. The second-order valence-electron chi connectivity index (χ2n) is 4.60. The maximum atomic E-state index is 10.5. The summed E-state index contributed by atoms with van der Waals surface area (Å²) in [7, 11) is 3.25. The molecule has 0 fully saturated rings. The topological polar surface area (TPSA) is 38.7 Å². The van der Waals surface area contributed by atoms with Gasteiger partial charge in [-0.2, -0.15) is 0 Å². The molecule has 0 spiro atoms. The van der Waals surface area contributed by atoms with Gasteiger partial charge in [-0.25, -0.2) is 0 Å². The molecule has 0 aromatic heterocycles. The molecule has 0 saturated carbocycles. The molecule has 1 aliphatic carbocycles. The van der Waals surface area contributed by atoms with E-state index in [1.54, 1.807) is 14.2 Å². The van der Waals surface area contributed by atoms with Crippen molar-refractivity contribution in [1.82, 2.24) is 0 Å². The van der Waals surface area contributed by atoms with Crippen LogP contribution >= 0.6 is 0 Å². The van der Waals surface area contributed by atoms with Crippen molar-refractivity contribution in [3.05, 3.63) is 35.9 Å². The van der Waals surface area contributed by atoms with E-state index >= 15 is 0 Å². The standard InChI is InChI=1S/C15H20O3/c1-17-12-8-9-14(18-2)13(10-12)15(16)11-6-4-3-5-7-11/h3-4,8-11,15-16H,5-7H2,1-2H3. The van der Waals surface area contributed by atoms with Crippen molar-refractivity contribution in [2.75, 3.05) is 14.2 Å². The van der Waals surface area contributed by atoms with Crippen LogP contribution in [-0.4, -0.2) is 19.3 Å². The van der Waals surface area contributed by atoms with Crippen molar-refractivity contribution in [3.63, 3.8) is 0 Å². The van der Waals surface area contributed by atoms with Crippen LogP contribution in [0.4, 0.5) is 0 Å². The van der Waals surface area contributed by atoms with Gasteiger partial charge in [-0.3, -0.25) is 0 Å². The zero-order valence-corrected chi connectivity index (χ0v) is 10.9. The summed E-state index contributed by atoms with van der Waals surface area (Å²) in [5.41, 5.74) is 0.817. The fourth-order valence-electron chi connectivity index (χ4n) is 2.43. The molecular weight excluding hydrogens is 228 g/mol. The minimum atomic E-state index is -0.500. The molecule has 18 heavy (non-hydrogen) atoms. The van der Waals surface area contributed by atoms with Crippen LogP contribution in [-0.2, 0) is 0 Å². The summed E-state index contributed by atoms with van der Waals surface area (Å²) in [4.78, 5) is 0. The summed E-state index contributed by atoms with van der Waals surface area (Å²) in [6.07, 6.45) is 6.78. The Morgan fingerprint density at radius 1 is 1.22 bits per heavy atom. The SMILES string of the molecule is COc1ccc(OC)c(C(O)C2CC=CCC2)c1. The quantitative estimate of drug-likeness (QED) is 0.832. The highest BCUT2D eigenvalue weighted by molar-refractivity contribution is 5.42. The number of benzene rings is 1. The first kappa shape index (κ1) is 13.0. The molecule has 0 saturated heterocycles. The lowest BCUT2D eigenvalue weighted by atomic mass is 9.85. The lowest BCUT2D eigenvalue weighted by Gasteiger charge is -2.25. The second-order valence-corrected chi connectivity index (χ2v) is 4.60. The van der Waals surface area contributed by atoms with Crippen LogP contribution in [0.1, 0.15) is 30.9 Å². The molecule has 2 atom stereocenters. The third-order valence-corrected chi connectivity index (χ3v) is 3.51. The maximum Gasteiger partial charge on any atom is 0.124 e. The summed E-state index contributed by atoms with van der Waals surface area (Å²) >= 11 is 0. The van der Waals surface area contributed by atoms with Crippen LogP contribution in [0, 0.1) is 5.92 Å². The highest BCUT2D eigenvalue weighted by Gasteiger charge is 2.24. The first-order valence-electron chi connectivity index (χ1n) is 6.31. The lowest BCUT2D eigenvalue weighted by Crippen LogP contribution is -2.14. The van der Waals surface area contributed by atoms with Crippen LogP contribution < -0.4 is 9.47 Å². The van der Waals surface area contributed by atoms with E-state index < -0.39 is 6.10 Å². The van der Waals surface area contributed by atoms with E-state index in [4.69, 9.17) is 9.47 Å². The van der Waals surface area contributed by atoms with Gasteiger partial charge in [0.05, 0.1) is 20.3 Å². The molecule has 0 radical (unpaired) electrons. The van der Waals surface area contributed by atoms with Gasteiger partial charge in [0.2, 0.25) is 0 Å². The zero-order valence-electron chi connectivity index (χ0n) is 10.9. The van der Waals surface area contributed by atoms with E-state index in [0.29, 0.717) is 0 Å². The first-order chi connectivity index (χ1) is 8.76. The molecule has 3 heteroatoms. The average molecular weight is 248 g/mol. The van der Waals surface area contributed by atoms with E-state index in [0.717, 1.165) is 36.3 Å². The Morgan fingerprint density at radius 2 is 2.06 bits per heavy atom. The van der Waals surface area contributed by atoms with Gasteiger partial charge in [0.25, 0.3) is 0 Å². The molecule has 1 N–H and O–H groups in total. The largest absolute Gasteiger partial charge is 0.497 e. The number of allylic oxidation sites excluding steroid dienone is 2. The molecule has 1 aromatic rings. The number of methoxy groups -OCH3 is 2. The van der Waals surface area contributed by atoms with Crippen LogP contribution in [0.5, 0.6) is 11.5 Å². The summed E-state index contributed by atoms with van der Waals surface area (Å²) < 4.78 is 10.5. The first-order valence-corrected chi connectivity index (χ1v) is 6.31. The molecule has 0 bridgehead atoms. The Morgan fingerprint density at radius 3 is 2.67 bits per heavy atom. The number of hydrogen-bond donors (Lipinski definition) is 1. The molecule has 2 rings (SSSR count). The Hall–Kier alpha value is -1.48.